The van der Waals surface area contributed by atoms with Crippen molar-refractivity contribution in [1.29, 1.82) is 0 Å². The van der Waals surface area contributed by atoms with E-state index in [1.54, 1.807) is 0 Å². The topological polar surface area (TPSA) is 74.6 Å². The summed E-state index contributed by atoms with van der Waals surface area (Å²) in [6.45, 7) is 2.28. The van der Waals surface area contributed by atoms with Crippen LogP contribution in [0.25, 0.3) is 0 Å². The van der Waals surface area contributed by atoms with Crippen LogP contribution in [0.2, 0.25) is 0 Å². The third-order valence-electron chi connectivity index (χ3n) is 6.35. The fourth-order valence-corrected chi connectivity index (χ4v) is 3.84. The molecule has 4 nitrogen and oxygen atoms in total. The van der Waals surface area contributed by atoms with Gasteiger partial charge < -0.3 is 10.2 Å². The Morgan fingerprint density at radius 2 is 0.846 bits per heavy atom. The molecule has 0 atom stereocenters. The van der Waals surface area contributed by atoms with E-state index < -0.39 is 36.1 Å². The van der Waals surface area contributed by atoms with E-state index in [0.29, 0.717) is 6.42 Å². The minimum Gasteiger partial charge on any atom is -0.481 e. The van der Waals surface area contributed by atoms with E-state index in [1.807, 2.05) is 0 Å². The molecule has 0 aliphatic heterocycles. The normalized spacial score (nSPS) is 12.4. The molecule has 0 unspecified atom stereocenters. The van der Waals surface area contributed by atoms with Crippen LogP contribution >= 0.6 is 0 Å². The maximum Gasteiger partial charge on any atom is 0.410 e. The summed E-state index contributed by atoms with van der Waals surface area (Å²) in [5, 5.41) is 16.1. The summed E-state index contributed by atoms with van der Waals surface area (Å²) in [4.78, 5) is 19.9. The zero-order chi connectivity index (χ0) is 30.4. The molecule has 0 amide bonds. The Labute approximate surface area is 226 Å². The number of aliphatic carboxylic acids is 2. The Morgan fingerprint density at radius 1 is 0.564 bits per heavy atom. The van der Waals surface area contributed by atoms with Crippen molar-refractivity contribution >= 4 is 11.9 Å². The highest BCUT2D eigenvalue weighted by Gasteiger charge is 2.78. The lowest BCUT2D eigenvalue weighted by molar-refractivity contribution is -0.331. The standard InChI is InChI=1S/C22H44O2.C5H2F8O2/c1-2-3-4-5-6-7-8-9-10-11-12-13-14-15-16-17-18-19-20-21-22(23)24;6-1(7)3(8,9)5(12,13)4(10,11)2(14)15/h2-21H2,1H3,(H,23,24);1H,(H,14,15). The maximum absolute atomic E-state index is 12.1. The van der Waals surface area contributed by atoms with Crippen LogP contribution in [-0.4, -0.2) is 46.3 Å². The van der Waals surface area contributed by atoms with Gasteiger partial charge >= 0.3 is 36.1 Å². The summed E-state index contributed by atoms with van der Waals surface area (Å²) in [5.41, 5.74) is 0. The highest BCUT2D eigenvalue weighted by atomic mass is 19.4. The van der Waals surface area contributed by atoms with Crippen LogP contribution < -0.4 is 0 Å². The minimum absolute atomic E-state index is 0.346. The molecular weight excluding hydrogens is 540 g/mol. The molecule has 0 aromatic carbocycles. The van der Waals surface area contributed by atoms with Crippen molar-refractivity contribution in [1.82, 2.24) is 0 Å². The first-order chi connectivity index (χ1) is 18.2. The van der Waals surface area contributed by atoms with Crippen LogP contribution in [0.5, 0.6) is 0 Å². The van der Waals surface area contributed by atoms with Gasteiger partial charge in [-0.2, -0.15) is 26.3 Å². The molecule has 234 valence electrons. The number of hydrogen-bond donors (Lipinski definition) is 2. The molecule has 12 heteroatoms. The Balaban J connectivity index is 0. The summed E-state index contributed by atoms with van der Waals surface area (Å²) < 4.78 is 94.8. The van der Waals surface area contributed by atoms with Gasteiger partial charge in [0.2, 0.25) is 0 Å². The van der Waals surface area contributed by atoms with E-state index in [-0.39, 0.29) is 0 Å². The second-order valence-corrected chi connectivity index (χ2v) is 9.89. The third kappa shape index (κ3) is 17.6. The Morgan fingerprint density at radius 3 is 1.08 bits per heavy atom. The Hall–Kier alpha value is -1.62. The SMILES string of the molecule is CCCCCCCCCCCCCCCCCCCCCC(=O)O.O=C(O)C(F)(F)C(F)(F)C(F)(F)C(F)F. The third-order valence-corrected chi connectivity index (χ3v) is 6.35. The van der Waals surface area contributed by atoms with E-state index in [2.05, 4.69) is 6.92 Å². The van der Waals surface area contributed by atoms with Crippen molar-refractivity contribution in [2.45, 2.75) is 160 Å². The summed E-state index contributed by atoms with van der Waals surface area (Å²) in [6, 6.07) is 0. The maximum atomic E-state index is 12.1. The Kier molecular flexibility index (Phi) is 22.4. The number of unbranched alkanes of at least 4 members (excludes halogenated alkanes) is 18. The van der Waals surface area contributed by atoms with Gasteiger partial charge in [-0.3, -0.25) is 4.79 Å². The molecular formula is C27H46F8O4. The molecule has 39 heavy (non-hydrogen) atoms. The van der Waals surface area contributed by atoms with E-state index >= 15 is 0 Å². The largest absolute Gasteiger partial charge is 0.481 e. The molecule has 0 aromatic rings. The number of carboxylic acid groups (broad SMARTS) is 2. The van der Waals surface area contributed by atoms with E-state index in [1.165, 1.54) is 109 Å². The first kappa shape index (κ1) is 39.5. The van der Waals surface area contributed by atoms with Crippen molar-refractivity contribution in [2.75, 3.05) is 0 Å². The average molecular weight is 587 g/mol. The first-order valence-electron chi connectivity index (χ1n) is 14.0. The van der Waals surface area contributed by atoms with Crippen LogP contribution in [0.15, 0.2) is 0 Å². The summed E-state index contributed by atoms with van der Waals surface area (Å²) >= 11 is 0. The zero-order valence-electron chi connectivity index (χ0n) is 23.0. The minimum atomic E-state index is -6.68. The lowest BCUT2D eigenvalue weighted by atomic mass is 10.0. The molecule has 0 saturated carbocycles. The molecule has 0 bridgehead atoms. The van der Waals surface area contributed by atoms with Gasteiger partial charge in [0.1, 0.15) is 0 Å². The number of rotatable bonds is 24. The zero-order valence-corrected chi connectivity index (χ0v) is 23.0. The van der Waals surface area contributed by atoms with Gasteiger partial charge in [-0.1, -0.05) is 122 Å². The summed E-state index contributed by atoms with van der Waals surface area (Å²) in [6.07, 6.45) is 21.0. The number of alkyl halides is 8. The fourth-order valence-electron chi connectivity index (χ4n) is 3.84. The van der Waals surface area contributed by atoms with E-state index in [0.717, 1.165) is 12.8 Å². The van der Waals surface area contributed by atoms with Crippen LogP contribution in [0, 0.1) is 0 Å². The van der Waals surface area contributed by atoms with Crippen LogP contribution in [0.4, 0.5) is 35.1 Å². The molecule has 0 heterocycles. The predicted molar refractivity (Wildman–Crippen MR) is 134 cm³/mol. The van der Waals surface area contributed by atoms with Gasteiger partial charge in [0.05, 0.1) is 0 Å². The lowest BCUT2D eigenvalue weighted by Crippen LogP contribution is -2.60. The second kappa shape index (κ2) is 22.1. The van der Waals surface area contributed by atoms with E-state index in [9.17, 15) is 44.7 Å². The monoisotopic (exact) mass is 586 g/mol. The number of carboxylic acids is 2. The summed E-state index contributed by atoms with van der Waals surface area (Å²) in [7, 11) is 0. The molecule has 0 fully saturated rings. The number of carbonyl (C=O) groups is 2. The smallest absolute Gasteiger partial charge is 0.410 e. The van der Waals surface area contributed by atoms with Gasteiger partial charge in [-0.25, -0.2) is 13.6 Å². The highest BCUT2D eigenvalue weighted by molar-refractivity contribution is 5.77. The van der Waals surface area contributed by atoms with Crippen LogP contribution in [0.1, 0.15) is 135 Å². The predicted octanol–water partition coefficient (Wildman–Crippen LogP) is 10.1. The molecule has 2 N–H and O–H groups in total. The molecule has 0 aromatic heterocycles. The highest BCUT2D eigenvalue weighted by Crippen LogP contribution is 2.48. The van der Waals surface area contributed by atoms with E-state index in [4.69, 9.17) is 10.2 Å². The van der Waals surface area contributed by atoms with Crippen molar-refractivity contribution in [3.8, 4) is 0 Å². The quantitative estimate of drug-likeness (QED) is 0.0872. The van der Waals surface area contributed by atoms with Crippen molar-refractivity contribution < 1.29 is 54.9 Å². The molecule has 0 radical (unpaired) electrons. The van der Waals surface area contributed by atoms with Crippen LogP contribution in [-0.2, 0) is 9.59 Å². The van der Waals surface area contributed by atoms with Gasteiger partial charge in [-0.05, 0) is 6.42 Å². The van der Waals surface area contributed by atoms with Crippen molar-refractivity contribution in [3.63, 3.8) is 0 Å². The molecule has 0 rings (SSSR count). The second-order valence-electron chi connectivity index (χ2n) is 9.89. The number of hydrogen-bond acceptors (Lipinski definition) is 2. The van der Waals surface area contributed by atoms with Gasteiger partial charge in [0, 0.05) is 6.42 Å². The van der Waals surface area contributed by atoms with Crippen molar-refractivity contribution in [2.24, 2.45) is 0 Å². The fraction of sp³-hybridized carbons (Fsp3) is 0.926. The number of halogens is 8. The lowest BCUT2D eigenvalue weighted by Gasteiger charge is -2.29. The van der Waals surface area contributed by atoms with Crippen molar-refractivity contribution in [3.05, 3.63) is 0 Å². The summed E-state index contributed by atoms with van der Waals surface area (Å²) in [5.74, 6) is -23.7. The van der Waals surface area contributed by atoms with Gasteiger partial charge in [0.15, 0.2) is 0 Å². The molecule has 0 saturated heterocycles. The van der Waals surface area contributed by atoms with Gasteiger partial charge in [-0.15, -0.1) is 0 Å². The Bertz CT molecular complexity index is 631. The first-order valence-corrected chi connectivity index (χ1v) is 14.0. The van der Waals surface area contributed by atoms with Gasteiger partial charge in [0.25, 0.3) is 0 Å². The molecule has 0 aliphatic carbocycles. The molecule has 0 spiro atoms. The molecule has 0 aliphatic rings. The van der Waals surface area contributed by atoms with Crippen LogP contribution in [0.3, 0.4) is 0 Å². The average Bonchev–Trinajstić information content (AvgIpc) is 2.85.